The van der Waals surface area contributed by atoms with E-state index in [2.05, 4.69) is 5.32 Å². The summed E-state index contributed by atoms with van der Waals surface area (Å²) < 4.78 is 44.4. The molecule has 0 amide bonds. The molecule has 37 heavy (non-hydrogen) atoms. The molecule has 10 heteroatoms. The second-order valence-electron chi connectivity index (χ2n) is 9.50. The van der Waals surface area contributed by atoms with Crippen LogP contribution in [0, 0.1) is 0 Å². The van der Waals surface area contributed by atoms with Gasteiger partial charge in [-0.05, 0) is 70.5 Å². The molecule has 1 aliphatic heterocycles. The van der Waals surface area contributed by atoms with Gasteiger partial charge in [0.15, 0.2) is 0 Å². The summed E-state index contributed by atoms with van der Waals surface area (Å²) in [6, 6.07) is 11.0. The molecule has 0 aromatic heterocycles. The lowest BCUT2D eigenvalue weighted by Gasteiger charge is -2.31. The quantitative estimate of drug-likeness (QED) is 0.307. The Bertz CT molecular complexity index is 1340. The van der Waals surface area contributed by atoms with Crippen molar-refractivity contribution in [3.63, 3.8) is 0 Å². The summed E-state index contributed by atoms with van der Waals surface area (Å²) in [5.41, 5.74) is 1.07. The minimum atomic E-state index is -4.10. The van der Waals surface area contributed by atoms with Gasteiger partial charge in [0.2, 0.25) is 9.84 Å². The van der Waals surface area contributed by atoms with Gasteiger partial charge in [-0.3, -0.25) is 0 Å². The number of benzene rings is 2. The lowest BCUT2D eigenvalue weighted by atomic mass is 9.86. The van der Waals surface area contributed by atoms with Gasteiger partial charge < -0.3 is 19.5 Å². The van der Waals surface area contributed by atoms with Crippen molar-refractivity contribution in [2.24, 2.45) is 0 Å². The second kappa shape index (κ2) is 11.5. The number of hydrogen-bond acceptors (Lipinski definition) is 7. The summed E-state index contributed by atoms with van der Waals surface area (Å²) in [5, 5.41) is 3.43. The van der Waals surface area contributed by atoms with Crippen molar-refractivity contribution in [2.75, 3.05) is 20.3 Å². The third kappa shape index (κ3) is 6.49. The van der Waals surface area contributed by atoms with Gasteiger partial charge in [-0.1, -0.05) is 35.3 Å². The molecule has 2 aromatic carbocycles. The van der Waals surface area contributed by atoms with Crippen molar-refractivity contribution in [1.29, 1.82) is 0 Å². The number of nitrogens with one attached hydrogen (secondary N) is 1. The number of sulfone groups is 1. The maximum absolute atomic E-state index is 14.0. The minimum Gasteiger partial charge on any atom is -0.491 e. The number of methoxy groups -OCH3 is 1. The zero-order valence-corrected chi connectivity index (χ0v) is 24.0. The van der Waals surface area contributed by atoms with Gasteiger partial charge in [-0.25, -0.2) is 13.2 Å². The monoisotopic (exact) mass is 567 g/mol. The van der Waals surface area contributed by atoms with E-state index in [0.717, 1.165) is 0 Å². The van der Waals surface area contributed by atoms with Crippen molar-refractivity contribution >= 4 is 39.0 Å². The predicted octanol–water partition coefficient (Wildman–Crippen LogP) is 6.03. The van der Waals surface area contributed by atoms with Crippen molar-refractivity contribution in [3.8, 4) is 5.75 Å². The van der Waals surface area contributed by atoms with Crippen molar-refractivity contribution in [1.82, 2.24) is 5.32 Å². The summed E-state index contributed by atoms with van der Waals surface area (Å²) in [6.45, 7) is 9.90. The van der Waals surface area contributed by atoms with Crippen LogP contribution in [0.5, 0.6) is 5.75 Å². The van der Waals surface area contributed by atoms with Gasteiger partial charge in [-0.15, -0.1) is 0 Å². The zero-order valence-electron chi connectivity index (χ0n) is 21.6. The van der Waals surface area contributed by atoms with Gasteiger partial charge in [0.1, 0.15) is 12.4 Å². The largest absolute Gasteiger partial charge is 0.491 e. The molecular formula is C27H31Cl2NO6S. The first-order valence-corrected chi connectivity index (χ1v) is 13.8. The standard InChI is InChI=1S/C27H31Cl2NO6S/c1-16-22(26(31)34-6)23(20-8-7-9-21(28)24(20)29)25(17(2)30-16)37(32,33)19-12-10-18(11-13-19)35-14-15-36-27(3,4)5/h7-13,23,30H,14-15H2,1-6H3. The fraction of sp³-hybridized carbons (Fsp3) is 0.370. The Balaban J connectivity index is 2.02. The van der Waals surface area contributed by atoms with E-state index in [1.807, 2.05) is 20.8 Å². The number of carbonyl (C=O) groups excluding carboxylic acids is 1. The normalized spacial score (nSPS) is 16.5. The average Bonchev–Trinajstić information content (AvgIpc) is 2.82. The number of rotatable bonds is 8. The van der Waals surface area contributed by atoms with Gasteiger partial charge in [0.05, 0.1) is 50.7 Å². The number of ether oxygens (including phenoxy) is 3. The van der Waals surface area contributed by atoms with Gasteiger partial charge in [0.25, 0.3) is 0 Å². The van der Waals surface area contributed by atoms with Crippen LogP contribution in [0.2, 0.25) is 10.0 Å². The fourth-order valence-electron chi connectivity index (χ4n) is 4.10. The van der Waals surface area contributed by atoms with Crippen LogP contribution in [-0.4, -0.2) is 40.3 Å². The predicted molar refractivity (Wildman–Crippen MR) is 145 cm³/mol. The van der Waals surface area contributed by atoms with E-state index in [-0.39, 0.29) is 31.0 Å². The van der Waals surface area contributed by atoms with Crippen molar-refractivity contribution < 1.29 is 27.4 Å². The van der Waals surface area contributed by atoms with E-state index in [1.165, 1.54) is 19.2 Å². The number of esters is 1. The molecule has 1 aliphatic rings. The Morgan fingerprint density at radius 1 is 1.00 bits per heavy atom. The van der Waals surface area contributed by atoms with Crippen LogP contribution in [0.4, 0.5) is 0 Å². The smallest absolute Gasteiger partial charge is 0.336 e. The van der Waals surface area contributed by atoms with Crippen molar-refractivity contribution in [2.45, 2.75) is 51.0 Å². The van der Waals surface area contributed by atoms with E-state index in [4.69, 9.17) is 37.4 Å². The van der Waals surface area contributed by atoms with Gasteiger partial charge >= 0.3 is 5.97 Å². The molecule has 0 spiro atoms. The Labute approximate surface area is 228 Å². The minimum absolute atomic E-state index is 0.0186. The van der Waals surface area contributed by atoms with E-state index in [1.54, 1.807) is 44.2 Å². The van der Waals surface area contributed by atoms with Crippen LogP contribution >= 0.6 is 23.2 Å². The molecule has 0 saturated carbocycles. The molecule has 1 atom stereocenters. The van der Waals surface area contributed by atoms with Crippen LogP contribution in [-0.2, 0) is 24.1 Å². The number of halogens is 2. The SMILES string of the molecule is COC(=O)C1=C(C)NC(C)=C(S(=O)(=O)c2ccc(OCCOC(C)(C)C)cc2)C1c1cccc(Cl)c1Cl. The molecule has 0 saturated heterocycles. The Kier molecular flexibility index (Phi) is 9.01. The molecule has 200 valence electrons. The summed E-state index contributed by atoms with van der Waals surface area (Å²) in [7, 11) is -2.86. The third-order valence-corrected chi connectivity index (χ3v) is 8.56. The summed E-state index contributed by atoms with van der Waals surface area (Å²) >= 11 is 12.8. The number of allylic oxidation sites excluding steroid dienone is 3. The number of carbonyl (C=O) groups is 1. The lowest BCUT2D eigenvalue weighted by Crippen LogP contribution is -2.31. The topological polar surface area (TPSA) is 90.9 Å². The van der Waals surface area contributed by atoms with E-state index in [9.17, 15) is 13.2 Å². The highest BCUT2D eigenvalue weighted by atomic mass is 35.5. The molecule has 0 aliphatic carbocycles. The van der Waals surface area contributed by atoms with Crippen molar-refractivity contribution in [3.05, 3.63) is 79.9 Å². The van der Waals surface area contributed by atoms with E-state index in [0.29, 0.717) is 35.9 Å². The molecule has 2 aromatic rings. The van der Waals surface area contributed by atoms with E-state index < -0.39 is 21.7 Å². The molecule has 1 N–H and O–H groups in total. The molecule has 1 unspecified atom stereocenters. The molecule has 0 fully saturated rings. The molecule has 0 bridgehead atoms. The van der Waals surface area contributed by atoms with Crippen LogP contribution < -0.4 is 10.1 Å². The first-order chi connectivity index (χ1) is 17.3. The van der Waals surface area contributed by atoms with Crippen LogP contribution in [0.3, 0.4) is 0 Å². The number of hydrogen-bond donors (Lipinski definition) is 1. The van der Waals surface area contributed by atoms with Crippen LogP contribution in [0.1, 0.15) is 46.1 Å². The number of dihydropyridines is 1. The summed E-state index contributed by atoms with van der Waals surface area (Å²) in [5.74, 6) is -1.20. The lowest BCUT2D eigenvalue weighted by molar-refractivity contribution is -0.136. The summed E-state index contributed by atoms with van der Waals surface area (Å²) in [6.07, 6.45) is 0. The first kappa shape index (κ1) is 29.0. The Morgan fingerprint density at radius 2 is 1.65 bits per heavy atom. The first-order valence-electron chi connectivity index (χ1n) is 11.6. The summed E-state index contributed by atoms with van der Waals surface area (Å²) in [4.78, 5) is 12.9. The van der Waals surface area contributed by atoms with Gasteiger partial charge in [-0.2, -0.15) is 0 Å². The molecule has 7 nitrogen and oxygen atoms in total. The Hall–Kier alpha value is -2.52. The van der Waals surface area contributed by atoms with Crippen LogP contribution in [0.15, 0.2) is 69.2 Å². The highest BCUT2D eigenvalue weighted by Gasteiger charge is 2.41. The highest BCUT2D eigenvalue weighted by molar-refractivity contribution is 7.95. The van der Waals surface area contributed by atoms with E-state index >= 15 is 0 Å². The van der Waals surface area contributed by atoms with Gasteiger partial charge in [0, 0.05) is 11.4 Å². The highest BCUT2D eigenvalue weighted by Crippen LogP contribution is 2.46. The molecule has 0 radical (unpaired) electrons. The Morgan fingerprint density at radius 3 is 2.24 bits per heavy atom. The second-order valence-corrected chi connectivity index (χ2v) is 12.2. The molecule has 1 heterocycles. The zero-order chi connectivity index (χ0) is 27.5. The third-order valence-electron chi connectivity index (χ3n) is 5.71. The average molecular weight is 569 g/mol. The fourth-order valence-corrected chi connectivity index (χ4v) is 6.28. The molecular weight excluding hydrogens is 537 g/mol. The van der Waals surface area contributed by atoms with Crippen LogP contribution in [0.25, 0.3) is 0 Å². The molecule has 3 rings (SSSR count). The maximum atomic E-state index is 14.0. The maximum Gasteiger partial charge on any atom is 0.336 e.